The van der Waals surface area contributed by atoms with Gasteiger partial charge in [0.25, 0.3) is 0 Å². The number of esters is 1. The Balaban J connectivity index is 2.06. The van der Waals surface area contributed by atoms with E-state index in [1.165, 1.54) is 20.1 Å². The van der Waals surface area contributed by atoms with Gasteiger partial charge in [-0.15, -0.1) is 0 Å². The van der Waals surface area contributed by atoms with Crippen molar-refractivity contribution in [3.63, 3.8) is 0 Å². The van der Waals surface area contributed by atoms with Crippen molar-refractivity contribution in [2.45, 2.75) is 76.5 Å². The summed E-state index contributed by atoms with van der Waals surface area (Å²) in [6.45, 7) is 3.52. The molecule has 164 valence electrons. The maximum absolute atomic E-state index is 11.7. The molecule has 9 nitrogen and oxygen atoms in total. The number of aliphatic hydroxyl groups excluding tert-OH is 3. The molecule has 1 aromatic carbocycles. The van der Waals surface area contributed by atoms with Gasteiger partial charge in [0.15, 0.2) is 17.6 Å². The maximum Gasteiger partial charge on any atom is 0.355 e. The molecule has 0 saturated carbocycles. The summed E-state index contributed by atoms with van der Waals surface area (Å²) in [5, 5.41) is 40.3. The van der Waals surface area contributed by atoms with Gasteiger partial charge in [-0.1, -0.05) is 25.8 Å². The third-order valence-electron chi connectivity index (χ3n) is 4.75. The molecule has 0 aliphatic carbocycles. The van der Waals surface area contributed by atoms with E-state index in [9.17, 15) is 25.2 Å². The summed E-state index contributed by atoms with van der Waals surface area (Å²) in [5.41, 5.74) is 0.638. The van der Waals surface area contributed by atoms with Crippen molar-refractivity contribution >= 4 is 5.97 Å². The Bertz CT molecular complexity index is 680. The molecule has 9 heteroatoms. The highest BCUT2D eigenvalue weighted by Gasteiger charge is 2.54. The monoisotopic (exact) mass is 414 g/mol. The molecule has 0 amide bonds. The van der Waals surface area contributed by atoms with Crippen LogP contribution >= 0.6 is 0 Å². The average Bonchev–Trinajstić information content (AvgIpc) is 2.70. The number of aliphatic hydroxyl groups is 4. The summed E-state index contributed by atoms with van der Waals surface area (Å²) in [6.07, 6.45) is -2.82. The largest absolute Gasteiger partial charge is 0.493 e. The summed E-state index contributed by atoms with van der Waals surface area (Å²) in [5.74, 6) is -2.64. The van der Waals surface area contributed by atoms with Gasteiger partial charge in [0.2, 0.25) is 0 Å². The Labute approximate surface area is 169 Å². The zero-order chi connectivity index (χ0) is 21.6. The lowest BCUT2D eigenvalue weighted by Gasteiger charge is -2.43. The SMILES string of the molecule is CCCCCC(=O)OCc1ccc(O[C@]2(O)O[C@@H](C)[C@H](O)[C@@H](O)[C@H]2O)c(OC)c1. The molecule has 4 N–H and O–H groups in total. The number of hydrogen-bond donors (Lipinski definition) is 4. The quantitative estimate of drug-likeness (QED) is 0.263. The fourth-order valence-electron chi connectivity index (χ4n) is 2.97. The molecule has 1 aliphatic heterocycles. The van der Waals surface area contributed by atoms with Crippen molar-refractivity contribution in [2.75, 3.05) is 7.11 Å². The minimum atomic E-state index is -2.58. The number of rotatable bonds is 9. The van der Waals surface area contributed by atoms with Crippen molar-refractivity contribution in [3.05, 3.63) is 23.8 Å². The molecule has 1 saturated heterocycles. The Morgan fingerprint density at radius 2 is 1.90 bits per heavy atom. The van der Waals surface area contributed by atoms with Gasteiger partial charge < -0.3 is 39.4 Å². The van der Waals surface area contributed by atoms with Crippen LogP contribution in [0.1, 0.15) is 45.1 Å². The van der Waals surface area contributed by atoms with Crippen molar-refractivity contribution in [1.82, 2.24) is 0 Å². The van der Waals surface area contributed by atoms with E-state index < -0.39 is 30.4 Å². The van der Waals surface area contributed by atoms with Gasteiger partial charge in [-0.2, -0.15) is 0 Å². The molecule has 0 bridgehead atoms. The second-order valence-corrected chi connectivity index (χ2v) is 7.08. The van der Waals surface area contributed by atoms with Crippen LogP contribution in [0.4, 0.5) is 0 Å². The van der Waals surface area contributed by atoms with E-state index in [-0.39, 0.29) is 24.1 Å². The minimum Gasteiger partial charge on any atom is -0.493 e. The van der Waals surface area contributed by atoms with Crippen LogP contribution in [0.3, 0.4) is 0 Å². The first-order valence-electron chi connectivity index (χ1n) is 9.67. The number of ether oxygens (including phenoxy) is 4. The smallest absolute Gasteiger partial charge is 0.355 e. The fraction of sp³-hybridized carbons (Fsp3) is 0.650. The van der Waals surface area contributed by atoms with E-state index in [0.717, 1.165) is 19.3 Å². The van der Waals surface area contributed by atoms with Gasteiger partial charge in [-0.05, 0) is 31.0 Å². The van der Waals surface area contributed by atoms with E-state index in [1.54, 1.807) is 12.1 Å². The van der Waals surface area contributed by atoms with E-state index in [0.29, 0.717) is 12.0 Å². The topological polar surface area (TPSA) is 135 Å². The van der Waals surface area contributed by atoms with Crippen molar-refractivity contribution in [2.24, 2.45) is 0 Å². The van der Waals surface area contributed by atoms with Gasteiger partial charge in [0.1, 0.15) is 18.8 Å². The number of carbonyl (C=O) groups is 1. The highest BCUT2D eigenvalue weighted by molar-refractivity contribution is 5.69. The van der Waals surface area contributed by atoms with Gasteiger partial charge in [-0.25, -0.2) is 0 Å². The number of benzene rings is 1. The van der Waals surface area contributed by atoms with Crippen molar-refractivity contribution in [1.29, 1.82) is 0 Å². The number of unbranched alkanes of at least 4 members (excludes halogenated alkanes) is 2. The molecule has 0 radical (unpaired) electrons. The molecule has 0 spiro atoms. The summed E-state index contributed by atoms with van der Waals surface area (Å²) in [4.78, 5) is 11.7. The number of carbonyl (C=O) groups excluding carboxylic acids is 1. The summed E-state index contributed by atoms with van der Waals surface area (Å²) < 4.78 is 21.0. The Kier molecular flexibility index (Phi) is 8.23. The molecular weight excluding hydrogens is 384 g/mol. The first-order valence-corrected chi connectivity index (χ1v) is 9.67. The predicted molar refractivity (Wildman–Crippen MR) is 101 cm³/mol. The van der Waals surface area contributed by atoms with E-state index in [4.69, 9.17) is 18.9 Å². The van der Waals surface area contributed by atoms with Crippen LogP contribution in [0, 0.1) is 0 Å². The highest BCUT2D eigenvalue weighted by atomic mass is 16.8. The van der Waals surface area contributed by atoms with E-state index >= 15 is 0 Å². The predicted octanol–water partition coefficient (Wildman–Crippen LogP) is 0.845. The fourth-order valence-corrected chi connectivity index (χ4v) is 2.97. The molecule has 2 rings (SSSR count). The van der Waals surface area contributed by atoms with Crippen LogP contribution in [0.5, 0.6) is 11.5 Å². The number of hydrogen-bond acceptors (Lipinski definition) is 9. The average molecular weight is 414 g/mol. The zero-order valence-electron chi connectivity index (χ0n) is 16.9. The van der Waals surface area contributed by atoms with Crippen molar-refractivity contribution in [3.8, 4) is 11.5 Å². The second-order valence-electron chi connectivity index (χ2n) is 7.08. The lowest BCUT2D eigenvalue weighted by molar-refractivity contribution is -0.418. The summed E-state index contributed by atoms with van der Waals surface area (Å²) >= 11 is 0. The second kappa shape index (κ2) is 10.2. The third kappa shape index (κ3) is 5.80. The molecule has 1 heterocycles. The van der Waals surface area contributed by atoms with Crippen molar-refractivity contribution < 1.29 is 44.2 Å². The molecule has 29 heavy (non-hydrogen) atoms. The minimum absolute atomic E-state index is 0.0304. The summed E-state index contributed by atoms with van der Waals surface area (Å²) in [7, 11) is 1.38. The Morgan fingerprint density at radius 1 is 1.17 bits per heavy atom. The van der Waals surface area contributed by atoms with Crippen LogP contribution in [-0.2, 0) is 20.9 Å². The van der Waals surface area contributed by atoms with Gasteiger partial charge >= 0.3 is 11.9 Å². The van der Waals surface area contributed by atoms with E-state index in [2.05, 4.69) is 6.92 Å². The molecule has 0 unspecified atom stereocenters. The lowest BCUT2D eigenvalue weighted by Crippen LogP contribution is -2.66. The van der Waals surface area contributed by atoms with Crippen LogP contribution in [-0.4, -0.2) is 63.9 Å². The zero-order valence-corrected chi connectivity index (χ0v) is 16.9. The van der Waals surface area contributed by atoms with Crippen LogP contribution in [0.15, 0.2) is 18.2 Å². The Hall–Kier alpha value is -1.91. The van der Waals surface area contributed by atoms with Crippen LogP contribution in [0.25, 0.3) is 0 Å². The third-order valence-corrected chi connectivity index (χ3v) is 4.75. The molecule has 1 aromatic rings. The lowest BCUT2D eigenvalue weighted by atomic mass is 9.98. The standard InChI is InChI=1S/C20H30O9/c1-4-5-6-7-16(21)27-11-13-8-9-14(15(10-13)26-3)29-20(25)19(24)18(23)17(22)12(2)28-20/h8-10,12,17-19,22-25H,4-7,11H2,1-3H3/t12-,17-,18+,19+,20+/m0/s1. The molecule has 0 aromatic heterocycles. The van der Waals surface area contributed by atoms with Gasteiger partial charge in [-0.3, -0.25) is 4.79 Å². The van der Waals surface area contributed by atoms with Crippen LogP contribution in [0.2, 0.25) is 0 Å². The maximum atomic E-state index is 11.7. The molecule has 1 aliphatic rings. The van der Waals surface area contributed by atoms with Crippen LogP contribution < -0.4 is 9.47 Å². The van der Waals surface area contributed by atoms with Gasteiger partial charge in [0.05, 0.1) is 13.2 Å². The van der Waals surface area contributed by atoms with E-state index in [1.807, 2.05) is 0 Å². The normalized spacial score (nSPS) is 29.3. The highest BCUT2D eigenvalue weighted by Crippen LogP contribution is 2.36. The van der Waals surface area contributed by atoms with Gasteiger partial charge in [0, 0.05) is 6.42 Å². The first kappa shape index (κ1) is 23.4. The molecular formula is C20H30O9. The molecule has 5 atom stereocenters. The first-order chi connectivity index (χ1) is 13.7. The molecule has 1 fully saturated rings. The summed E-state index contributed by atoms with van der Waals surface area (Å²) in [6, 6.07) is 4.61. The Morgan fingerprint density at radius 3 is 2.55 bits per heavy atom. The number of methoxy groups -OCH3 is 1.